The van der Waals surface area contributed by atoms with E-state index in [4.69, 9.17) is 5.10 Å². The van der Waals surface area contributed by atoms with Crippen molar-refractivity contribution in [2.45, 2.75) is 26.8 Å². The van der Waals surface area contributed by atoms with Crippen molar-refractivity contribution in [3.8, 4) is 11.3 Å². The van der Waals surface area contributed by atoms with Crippen molar-refractivity contribution in [3.63, 3.8) is 0 Å². The van der Waals surface area contributed by atoms with Crippen molar-refractivity contribution in [3.05, 3.63) is 71.8 Å². The van der Waals surface area contributed by atoms with Gasteiger partial charge in [0.15, 0.2) is 0 Å². The summed E-state index contributed by atoms with van der Waals surface area (Å²) in [5.74, 6) is 1.48. The Hall–Kier alpha value is -2.88. The van der Waals surface area contributed by atoms with Gasteiger partial charge in [0, 0.05) is 17.5 Å². The molecule has 2 aromatic carbocycles. The quantitative estimate of drug-likeness (QED) is 0.740. The largest absolute Gasteiger partial charge is 0.311 e. The maximum absolute atomic E-state index is 12.5. The number of amides is 1. The van der Waals surface area contributed by atoms with Gasteiger partial charge in [-0.2, -0.15) is 5.10 Å². The van der Waals surface area contributed by atoms with Crippen molar-refractivity contribution in [2.24, 2.45) is 11.8 Å². The van der Waals surface area contributed by atoms with Crippen LogP contribution in [-0.2, 0) is 11.3 Å². The van der Waals surface area contributed by atoms with Gasteiger partial charge in [0.25, 0.3) is 0 Å². The molecule has 1 N–H and O–H groups in total. The normalized spacial score (nSPS) is 18.5. The predicted molar refractivity (Wildman–Crippen MR) is 104 cm³/mol. The molecule has 2 unspecified atom stereocenters. The lowest BCUT2D eigenvalue weighted by Gasteiger charge is -2.09. The fraction of sp³-hybridized carbons (Fsp3) is 0.273. The number of carbonyl (C=O) groups is 1. The first-order valence-corrected chi connectivity index (χ1v) is 9.10. The second-order valence-corrected chi connectivity index (χ2v) is 7.18. The minimum atomic E-state index is 0.100. The van der Waals surface area contributed by atoms with Gasteiger partial charge in [-0.25, -0.2) is 4.68 Å². The number of anilines is 1. The number of aryl methyl sites for hydroxylation is 1. The molecule has 3 aromatic rings. The van der Waals surface area contributed by atoms with Crippen LogP contribution in [0.2, 0.25) is 0 Å². The molecule has 0 aliphatic heterocycles. The van der Waals surface area contributed by atoms with Crippen LogP contribution in [0.3, 0.4) is 0 Å². The van der Waals surface area contributed by atoms with Crippen LogP contribution in [0.15, 0.2) is 60.7 Å². The Kier molecular flexibility index (Phi) is 4.33. The molecule has 4 nitrogen and oxygen atoms in total. The zero-order chi connectivity index (χ0) is 18.1. The maximum Gasteiger partial charge on any atom is 0.228 e. The average Bonchev–Trinajstić information content (AvgIpc) is 3.26. The molecule has 0 radical (unpaired) electrons. The van der Waals surface area contributed by atoms with E-state index in [1.807, 2.05) is 41.1 Å². The van der Waals surface area contributed by atoms with Gasteiger partial charge in [0.05, 0.1) is 12.2 Å². The summed E-state index contributed by atoms with van der Waals surface area (Å²) in [6, 6.07) is 20.4. The van der Waals surface area contributed by atoms with Crippen molar-refractivity contribution in [1.29, 1.82) is 0 Å². The average molecular weight is 345 g/mol. The Morgan fingerprint density at radius 2 is 1.85 bits per heavy atom. The molecule has 1 fully saturated rings. The summed E-state index contributed by atoms with van der Waals surface area (Å²) in [5, 5.41) is 7.88. The van der Waals surface area contributed by atoms with Crippen molar-refractivity contribution >= 4 is 11.7 Å². The van der Waals surface area contributed by atoms with Gasteiger partial charge in [-0.3, -0.25) is 4.79 Å². The number of nitrogens with one attached hydrogen (secondary N) is 1. The first-order valence-electron chi connectivity index (χ1n) is 9.10. The lowest BCUT2D eigenvalue weighted by atomic mass is 10.1. The molecule has 1 aromatic heterocycles. The van der Waals surface area contributed by atoms with E-state index in [0.29, 0.717) is 12.5 Å². The number of rotatable bonds is 5. The third-order valence-corrected chi connectivity index (χ3v) is 5.07. The number of carbonyl (C=O) groups excluding carboxylic acids is 1. The van der Waals surface area contributed by atoms with Crippen LogP contribution >= 0.6 is 0 Å². The molecule has 1 heterocycles. The van der Waals surface area contributed by atoms with Gasteiger partial charge in [-0.05, 0) is 30.4 Å². The number of nitrogens with zero attached hydrogens (tertiary/aromatic N) is 2. The molecule has 1 amide bonds. The fourth-order valence-corrected chi connectivity index (χ4v) is 3.29. The van der Waals surface area contributed by atoms with Crippen molar-refractivity contribution in [2.75, 3.05) is 5.32 Å². The van der Waals surface area contributed by atoms with E-state index in [-0.39, 0.29) is 11.8 Å². The zero-order valence-corrected chi connectivity index (χ0v) is 15.1. The number of benzene rings is 2. The van der Waals surface area contributed by atoms with Crippen LogP contribution in [0.4, 0.5) is 5.82 Å². The number of hydrogen-bond donors (Lipinski definition) is 1. The zero-order valence-electron chi connectivity index (χ0n) is 15.1. The minimum Gasteiger partial charge on any atom is -0.311 e. The standard InChI is InChI=1S/C22H23N3O/c1-15-8-6-7-11-18(15)20-13-21(23-22(26)19-12-16(19)2)25(24-20)14-17-9-4-3-5-10-17/h3-11,13,16,19H,12,14H2,1-2H3,(H,23,26). The first-order chi connectivity index (χ1) is 12.6. The molecule has 1 aliphatic carbocycles. The maximum atomic E-state index is 12.5. The second kappa shape index (κ2) is 6.79. The monoisotopic (exact) mass is 345 g/mol. The molecule has 4 rings (SSSR count). The van der Waals surface area contributed by atoms with E-state index in [0.717, 1.165) is 29.1 Å². The van der Waals surface area contributed by atoms with E-state index in [2.05, 4.69) is 43.4 Å². The van der Waals surface area contributed by atoms with Crippen LogP contribution in [0.25, 0.3) is 11.3 Å². The Morgan fingerprint density at radius 1 is 1.15 bits per heavy atom. The smallest absolute Gasteiger partial charge is 0.228 e. The Morgan fingerprint density at radius 3 is 2.54 bits per heavy atom. The molecule has 4 heteroatoms. The van der Waals surface area contributed by atoms with Gasteiger partial charge < -0.3 is 5.32 Å². The fourth-order valence-electron chi connectivity index (χ4n) is 3.29. The van der Waals surface area contributed by atoms with E-state index < -0.39 is 0 Å². The molecule has 0 saturated heterocycles. The second-order valence-electron chi connectivity index (χ2n) is 7.18. The molecule has 0 spiro atoms. The SMILES string of the molecule is Cc1ccccc1-c1cc(NC(=O)C2CC2C)n(Cc2ccccc2)n1. The third-order valence-electron chi connectivity index (χ3n) is 5.07. The number of aromatic nitrogens is 2. The first kappa shape index (κ1) is 16.6. The van der Waals surface area contributed by atoms with E-state index in [1.165, 1.54) is 5.56 Å². The van der Waals surface area contributed by atoms with Crippen LogP contribution < -0.4 is 5.32 Å². The molecule has 132 valence electrons. The summed E-state index contributed by atoms with van der Waals surface area (Å²) >= 11 is 0. The van der Waals surface area contributed by atoms with Crippen LogP contribution in [0, 0.1) is 18.8 Å². The van der Waals surface area contributed by atoms with Crippen molar-refractivity contribution < 1.29 is 4.79 Å². The van der Waals surface area contributed by atoms with Crippen LogP contribution in [-0.4, -0.2) is 15.7 Å². The summed E-state index contributed by atoms with van der Waals surface area (Å²) in [6.07, 6.45) is 0.976. The molecule has 1 aliphatic rings. The highest BCUT2D eigenvalue weighted by molar-refractivity contribution is 5.94. The van der Waals surface area contributed by atoms with Gasteiger partial charge in [-0.1, -0.05) is 61.5 Å². The Bertz CT molecular complexity index is 930. The summed E-state index contributed by atoms with van der Waals surface area (Å²) in [4.78, 5) is 12.5. The van der Waals surface area contributed by atoms with Gasteiger partial charge >= 0.3 is 0 Å². The topological polar surface area (TPSA) is 46.9 Å². The highest BCUT2D eigenvalue weighted by Crippen LogP contribution is 2.38. The molecule has 0 bridgehead atoms. The van der Waals surface area contributed by atoms with E-state index in [1.54, 1.807) is 0 Å². The van der Waals surface area contributed by atoms with E-state index >= 15 is 0 Å². The summed E-state index contributed by atoms with van der Waals surface area (Å²) in [6.45, 7) is 4.82. The van der Waals surface area contributed by atoms with Crippen LogP contribution in [0.1, 0.15) is 24.5 Å². The molecule has 2 atom stereocenters. The van der Waals surface area contributed by atoms with Gasteiger partial charge in [0.2, 0.25) is 5.91 Å². The number of hydrogen-bond acceptors (Lipinski definition) is 2. The lowest BCUT2D eigenvalue weighted by Crippen LogP contribution is -2.18. The molecular formula is C22H23N3O. The lowest BCUT2D eigenvalue weighted by molar-refractivity contribution is -0.117. The van der Waals surface area contributed by atoms with Gasteiger partial charge in [0.1, 0.15) is 5.82 Å². The molecular weight excluding hydrogens is 322 g/mol. The third kappa shape index (κ3) is 3.40. The summed E-state index contributed by atoms with van der Waals surface area (Å²) in [5.41, 5.74) is 4.31. The summed E-state index contributed by atoms with van der Waals surface area (Å²) < 4.78 is 1.89. The summed E-state index contributed by atoms with van der Waals surface area (Å²) in [7, 11) is 0. The molecule has 26 heavy (non-hydrogen) atoms. The highest BCUT2D eigenvalue weighted by atomic mass is 16.2. The Labute approximate surface area is 153 Å². The van der Waals surface area contributed by atoms with Crippen molar-refractivity contribution in [1.82, 2.24) is 9.78 Å². The minimum absolute atomic E-state index is 0.100. The van der Waals surface area contributed by atoms with E-state index in [9.17, 15) is 4.79 Å². The van der Waals surface area contributed by atoms with Crippen LogP contribution in [0.5, 0.6) is 0 Å². The van der Waals surface area contributed by atoms with Gasteiger partial charge in [-0.15, -0.1) is 0 Å². The predicted octanol–water partition coefficient (Wildman–Crippen LogP) is 4.50. The highest BCUT2D eigenvalue weighted by Gasteiger charge is 2.39. The molecule has 1 saturated carbocycles. The Balaban J connectivity index is 1.67.